The summed E-state index contributed by atoms with van der Waals surface area (Å²) in [6.07, 6.45) is 7.78. The van der Waals surface area contributed by atoms with Crippen molar-refractivity contribution in [2.45, 2.75) is 38.6 Å². The second kappa shape index (κ2) is 7.80. The standard InChI is InChI=1S/C21H20ClNO3/c1-3-5-12-26-21(25)16-10-11-23-18(16)13-17(22)19(23)20(24)15-8-6-14(4-2)7-9-15/h2,6-9,13,16H,3,5,10-12H2,1H3. The van der Waals surface area contributed by atoms with Gasteiger partial charge in [-0.3, -0.25) is 9.59 Å². The maximum Gasteiger partial charge on any atom is 0.315 e. The van der Waals surface area contributed by atoms with E-state index in [0.29, 0.717) is 41.4 Å². The largest absolute Gasteiger partial charge is 0.465 e. The lowest BCUT2D eigenvalue weighted by atomic mass is 10.0. The fourth-order valence-corrected chi connectivity index (χ4v) is 3.51. The molecule has 1 aliphatic rings. The van der Waals surface area contributed by atoms with E-state index in [9.17, 15) is 9.59 Å². The maximum absolute atomic E-state index is 12.9. The molecular weight excluding hydrogens is 350 g/mol. The smallest absolute Gasteiger partial charge is 0.315 e. The number of esters is 1. The molecule has 2 aromatic rings. The molecule has 4 nitrogen and oxygen atoms in total. The van der Waals surface area contributed by atoms with Gasteiger partial charge in [-0.25, -0.2) is 0 Å². The summed E-state index contributed by atoms with van der Waals surface area (Å²) in [6, 6.07) is 8.55. The van der Waals surface area contributed by atoms with Gasteiger partial charge in [0.1, 0.15) is 5.69 Å². The van der Waals surface area contributed by atoms with Crippen LogP contribution in [-0.2, 0) is 16.1 Å². The number of ketones is 1. The number of fused-ring (bicyclic) bond motifs is 1. The van der Waals surface area contributed by atoms with Gasteiger partial charge in [-0.1, -0.05) is 30.9 Å². The van der Waals surface area contributed by atoms with Crippen molar-refractivity contribution in [3.05, 3.63) is 57.9 Å². The van der Waals surface area contributed by atoms with Crippen molar-refractivity contribution in [3.8, 4) is 12.3 Å². The van der Waals surface area contributed by atoms with Gasteiger partial charge < -0.3 is 9.30 Å². The summed E-state index contributed by atoms with van der Waals surface area (Å²) in [7, 11) is 0. The Labute approximate surface area is 158 Å². The molecule has 1 aromatic heterocycles. The molecule has 0 spiro atoms. The number of halogens is 1. The molecular formula is C21H20ClNO3. The molecule has 0 saturated heterocycles. The number of rotatable bonds is 6. The summed E-state index contributed by atoms with van der Waals surface area (Å²) in [5.41, 5.74) is 2.39. The van der Waals surface area contributed by atoms with Gasteiger partial charge in [0.15, 0.2) is 0 Å². The lowest BCUT2D eigenvalue weighted by molar-refractivity contribution is -0.145. The second-order valence-electron chi connectivity index (χ2n) is 6.33. The Morgan fingerprint density at radius 3 is 2.73 bits per heavy atom. The van der Waals surface area contributed by atoms with Crippen LogP contribution in [0.1, 0.15) is 59.4 Å². The van der Waals surface area contributed by atoms with Gasteiger partial charge in [-0.05, 0) is 43.2 Å². The first-order chi connectivity index (χ1) is 12.6. The normalized spacial score (nSPS) is 15.3. The molecule has 0 fully saturated rings. The summed E-state index contributed by atoms with van der Waals surface area (Å²) in [6.45, 7) is 3.04. The molecule has 0 saturated carbocycles. The Morgan fingerprint density at radius 1 is 1.35 bits per heavy atom. The Hall–Kier alpha value is -2.51. The second-order valence-corrected chi connectivity index (χ2v) is 6.74. The van der Waals surface area contributed by atoms with E-state index in [-0.39, 0.29) is 17.7 Å². The minimum Gasteiger partial charge on any atom is -0.465 e. The minimum atomic E-state index is -0.366. The average Bonchev–Trinajstić information content (AvgIpc) is 3.19. The lowest BCUT2D eigenvalue weighted by Gasteiger charge is -2.09. The van der Waals surface area contributed by atoms with Crippen LogP contribution in [0.2, 0.25) is 5.02 Å². The van der Waals surface area contributed by atoms with Gasteiger partial charge in [0.2, 0.25) is 5.78 Å². The molecule has 134 valence electrons. The van der Waals surface area contributed by atoms with Gasteiger partial charge >= 0.3 is 5.97 Å². The number of terminal acetylenes is 1. The molecule has 0 bridgehead atoms. The van der Waals surface area contributed by atoms with Crippen molar-refractivity contribution in [1.29, 1.82) is 0 Å². The van der Waals surface area contributed by atoms with E-state index >= 15 is 0 Å². The van der Waals surface area contributed by atoms with Crippen molar-refractivity contribution >= 4 is 23.4 Å². The number of hydrogen-bond acceptors (Lipinski definition) is 3. The van der Waals surface area contributed by atoms with Crippen molar-refractivity contribution < 1.29 is 14.3 Å². The van der Waals surface area contributed by atoms with Gasteiger partial charge in [0.05, 0.1) is 17.5 Å². The lowest BCUT2D eigenvalue weighted by Crippen LogP contribution is -2.14. The van der Waals surface area contributed by atoms with E-state index < -0.39 is 0 Å². The third-order valence-corrected chi connectivity index (χ3v) is 4.92. The number of carbonyl (C=O) groups excluding carboxylic acids is 2. The predicted octanol–water partition coefficient (Wildman–Crippen LogP) is 4.18. The van der Waals surface area contributed by atoms with Crippen LogP contribution in [0.3, 0.4) is 0 Å². The highest BCUT2D eigenvalue weighted by atomic mass is 35.5. The first-order valence-corrected chi connectivity index (χ1v) is 9.11. The zero-order valence-corrected chi connectivity index (χ0v) is 15.4. The van der Waals surface area contributed by atoms with Crippen molar-refractivity contribution in [2.24, 2.45) is 0 Å². The highest BCUT2D eigenvalue weighted by Crippen LogP contribution is 2.36. The Bertz CT molecular complexity index is 874. The minimum absolute atomic E-state index is 0.176. The fraction of sp³-hybridized carbons (Fsp3) is 0.333. The molecule has 0 radical (unpaired) electrons. The molecule has 5 heteroatoms. The quantitative estimate of drug-likeness (QED) is 0.332. The van der Waals surface area contributed by atoms with Crippen LogP contribution in [-0.4, -0.2) is 22.9 Å². The average molecular weight is 370 g/mol. The third kappa shape index (κ3) is 3.40. The Morgan fingerprint density at radius 2 is 2.08 bits per heavy atom. The first kappa shape index (κ1) is 18.3. The van der Waals surface area contributed by atoms with Crippen LogP contribution < -0.4 is 0 Å². The molecule has 0 amide bonds. The van der Waals surface area contributed by atoms with Gasteiger partial charge in [-0.2, -0.15) is 0 Å². The molecule has 1 atom stereocenters. The highest BCUT2D eigenvalue weighted by molar-refractivity contribution is 6.35. The molecule has 2 heterocycles. The summed E-state index contributed by atoms with van der Waals surface area (Å²) in [5.74, 6) is 1.74. The molecule has 0 N–H and O–H groups in total. The summed E-state index contributed by atoms with van der Waals surface area (Å²) >= 11 is 6.34. The van der Waals surface area contributed by atoms with Crippen molar-refractivity contribution in [1.82, 2.24) is 4.57 Å². The van der Waals surface area contributed by atoms with Crippen LogP contribution in [0.4, 0.5) is 0 Å². The zero-order valence-electron chi connectivity index (χ0n) is 14.6. The third-order valence-electron chi connectivity index (χ3n) is 4.64. The van der Waals surface area contributed by atoms with Gasteiger partial charge in [-0.15, -0.1) is 6.42 Å². The fourth-order valence-electron chi connectivity index (χ4n) is 3.21. The van der Waals surface area contributed by atoms with E-state index in [1.54, 1.807) is 30.3 Å². The van der Waals surface area contributed by atoms with Gasteiger partial charge in [0, 0.05) is 23.4 Å². The van der Waals surface area contributed by atoms with E-state index in [0.717, 1.165) is 18.5 Å². The predicted molar refractivity (Wildman–Crippen MR) is 100 cm³/mol. The topological polar surface area (TPSA) is 48.3 Å². The van der Waals surface area contributed by atoms with Gasteiger partial charge in [0.25, 0.3) is 0 Å². The molecule has 1 aromatic carbocycles. The van der Waals surface area contributed by atoms with Crippen molar-refractivity contribution in [3.63, 3.8) is 0 Å². The summed E-state index contributed by atoms with van der Waals surface area (Å²) in [5, 5.41) is 0.358. The maximum atomic E-state index is 12.9. The number of ether oxygens (including phenoxy) is 1. The van der Waals surface area contributed by atoms with Crippen LogP contribution in [0, 0.1) is 12.3 Å². The van der Waals surface area contributed by atoms with Crippen LogP contribution in [0.15, 0.2) is 30.3 Å². The summed E-state index contributed by atoms with van der Waals surface area (Å²) in [4.78, 5) is 25.2. The molecule has 0 aliphatic carbocycles. The van der Waals surface area contributed by atoms with Crippen LogP contribution in [0.25, 0.3) is 0 Å². The zero-order chi connectivity index (χ0) is 18.7. The Kier molecular flexibility index (Phi) is 5.49. The number of aromatic nitrogens is 1. The number of benzene rings is 1. The van der Waals surface area contributed by atoms with E-state index in [2.05, 4.69) is 5.92 Å². The first-order valence-electron chi connectivity index (χ1n) is 8.73. The van der Waals surface area contributed by atoms with E-state index in [1.807, 2.05) is 11.5 Å². The molecule has 3 rings (SSSR count). The van der Waals surface area contributed by atoms with E-state index in [4.69, 9.17) is 22.8 Å². The number of carbonyl (C=O) groups is 2. The summed E-state index contributed by atoms with van der Waals surface area (Å²) < 4.78 is 7.18. The van der Waals surface area contributed by atoms with E-state index in [1.165, 1.54) is 0 Å². The molecule has 1 unspecified atom stereocenters. The number of nitrogens with zero attached hydrogens (tertiary/aromatic N) is 1. The number of unbranched alkanes of at least 4 members (excludes halogenated alkanes) is 1. The SMILES string of the molecule is C#Cc1ccc(C(=O)c2c(Cl)cc3n2CCC3C(=O)OCCCC)cc1. The highest BCUT2D eigenvalue weighted by Gasteiger charge is 2.35. The van der Waals surface area contributed by atoms with Crippen molar-refractivity contribution in [2.75, 3.05) is 6.61 Å². The monoisotopic (exact) mass is 369 g/mol. The Balaban J connectivity index is 1.85. The molecule has 26 heavy (non-hydrogen) atoms. The van der Waals surface area contributed by atoms with Crippen LogP contribution >= 0.6 is 11.6 Å². The van der Waals surface area contributed by atoms with Crippen LogP contribution in [0.5, 0.6) is 0 Å². The number of hydrogen-bond donors (Lipinski definition) is 0. The molecule has 1 aliphatic heterocycles.